The van der Waals surface area contributed by atoms with Crippen LogP contribution in [-0.2, 0) is 10.8 Å². The molecule has 2 nitrogen and oxygen atoms in total. The molecule has 124 valence electrons. The number of hydrogen-bond donors (Lipinski definition) is 1. The third-order valence-corrected chi connectivity index (χ3v) is 7.64. The topological polar surface area (TPSA) is 29.1 Å². The highest BCUT2D eigenvalue weighted by atomic mass is 32.2. The van der Waals surface area contributed by atoms with Gasteiger partial charge in [0.05, 0.1) is 5.25 Å². The summed E-state index contributed by atoms with van der Waals surface area (Å²) in [5, 5.41) is 4.09. The summed E-state index contributed by atoms with van der Waals surface area (Å²) in [6, 6.07) is 0.502. The monoisotopic (exact) mass is 313 g/mol. The molecule has 4 unspecified atom stereocenters. The van der Waals surface area contributed by atoms with E-state index in [1.54, 1.807) is 0 Å². The molecule has 2 fully saturated rings. The van der Waals surface area contributed by atoms with Crippen LogP contribution in [0, 0.1) is 17.8 Å². The Bertz CT molecular complexity index is 325. The van der Waals surface area contributed by atoms with Gasteiger partial charge in [-0.1, -0.05) is 33.6 Å². The molecule has 0 saturated heterocycles. The van der Waals surface area contributed by atoms with Crippen molar-refractivity contribution in [3.63, 3.8) is 0 Å². The average molecular weight is 314 g/mol. The fraction of sp³-hybridized carbons (Fsp3) is 1.00. The number of nitrogens with one attached hydrogen (secondary N) is 1. The minimum atomic E-state index is -0.630. The normalized spacial score (nSPS) is 32.7. The van der Waals surface area contributed by atoms with Gasteiger partial charge in [-0.2, -0.15) is 0 Å². The van der Waals surface area contributed by atoms with Crippen molar-refractivity contribution in [3.05, 3.63) is 0 Å². The second-order valence-corrected chi connectivity index (χ2v) is 9.31. The average Bonchev–Trinajstić information content (AvgIpc) is 2.97. The molecule has 4 atom stereocenters. The fourth-order valence-electron chi connectivity index (χ4n) is 4.15. The van der Waals surface area contributed by atoms with E-state index in [4.69, 9.17) is 0 Å². The summed E-state index contributed by atoms with van der Waals surface area (Å²) < 4.78 is 13.0. The second kappa shape index (κ2) is 8.67. The predicted molar refractivity (Wildman–Crippen MR) is 93.0 cm³/mol. The zero-order chi connectivity index (χ0) is 15.2. The van der Waals surface area contributed by atoms with Crippen molar-refractivity contribution in [2.75, 3.05) is 12.3 Å². The maximum atomic E-state index is 13.0. The zero-order valence-corrected chi connectivity index (χ0v) is 15.1. The summed E-state index contributed by atoms with van der Waals surface area (Å²) >= 11 is 0. The molecule has 2 saturated carbocycles. The van der Waals surface area contributed by atoms with Crippen LogP contribution < -0.4 is 5.32 Å². The quantitative estimate of drug-likeness (QED) is 0.766. The van der Waals surface area contributed by atoms with Crippen LogP contribution in [0.25, 0.3) is 0 Å². The van der Waals surface area contributed by atoms with Crippen molar-refractivity contribution in [3.8, 4) is 0 Å². The lowest BCUT2D eigenvalue weighted by Gasteiger charge is -2.38. The van der Waals surface area contributed by atoms with Crippen LogP contribution in [0.5, 0.6) is 0 Å². The molecule has 0 aromatic heterocycles. The molecule has 1 N–H and O–H groups in total. The Morgan fingerprint density at radius 2 is 1.86 bits per heavy atom. The van der Waals surface area contributed by atoms with Gasteiger partial charge < -0.3 is 5.32 Å². The Labute approximate surface area is 134 Å². The van der Waals surface area contributed by atoms with E-state index in [-0.39, 0.29) is 0 Å². The maximum Gasteiger partial charge on any atom is 0.0504 e. The van der Waals surface area contributed by atoms with Gasteiger partial charge in [0.1, 0.15) is 0 Å². The molecule has 0 aromatic rings. The molecule has 0 bridgehead atoms. The standard InChI is InChI=1S/C18H35NOS/c1-4-11-19-17-10-9-16(14(2)3)12-18(17)21(20)13-15-7-5-6-8-15/h14-19H,4-13H2,1-3H3. The third-order valence-electron chi connectivity index (χ3n) is 5.64. The Balaban J connectivity index is 1.95. The van der Waals surface area contributed by atoms with Crippen LogP contribution in [-0.4, -0.2) is 27.8 Å². The summed E-state index contributed by atoms with van der Waals surface area (Å²) in [4.78, 5) is 0. The molecule has 3 heteroatoms. The lowest BCUT2D eigenvalue weighted by molar-refractivity contribution is 0.243. The lowest BCUT2D eigenvalue weighted by Crippen LogP contribution is -2.48. The lowest BCUT2D eigenvalue weighted by atomic mass is 9.79. The van der Waals surface area contributed by atoms with E-state index in [0.717, 1.165) is 30.1 Å². The largest absolute Gasteiger partial charge is 0.313 e. The van der Waals surface area contributed by atoms with E-state index in [0.29, 0.717) is 11.3 Å². The van der Waals surface area contributed by atoms with Crippen molar-refractivity contribution < 1.29 is 4.21 Å². The molecule has 2 aliphatic carbocycles. The van der Waals surface area contributed by atoms with Crippen LogP contribution in [0.4, 0.5) is 0 Å². The first-order chi connectivity index (χ1) is 10.1. The molecule has 0 aromatic carbocycles. The van der Waals surface area contributed by atoms with Crippen LogP contribution in [0.2, 0.25) is 0 Å². The number of rotatable bonds is 7. The molecular formula is C18H35NOS. The van der Waals surface area contributed by atoms with Gasteiger partial charge >= 0.3 is 0 Å². The third kappa shape index (κ3) is 5.06. The zero-order valence-electron chi connectivity index (χ0n) is 14.3. The minimum Gasteiger partial charge on any atom is -0.313 e. The first-order valence-electron chi connectivity index (χ1n) is 9.22. The van der Waals surface area contributed by atoms with E-state index in [2.05, 4.69) is 26.1 Å². The molecule has 2 rings (SSSR count). The Hall–Kier alpha value is 0.110. The van der Waals surface area contributed by atoms with E-state index in [1.165, 1.54) is 51.4 Å². The van der Waals surface area contributed by atoms with Crippen LogP contribution in [0.15, 0.2) is 0 Å². The highest BCUT2D eigenvalue weighted by Crippen LogP contribution is 2.34. The minimum absolute atomic E-state index is 0.401. The Morgan fingerprint density at radius 3 is 2.48 bits per heavy atom. The van der Waals surface area contributed by atoms with Crippen molar-refractivity contribution in [1.29, 1.82) is 0 Å². The van der Waals surface area contributed by atoms with Crippen LogP contribution >= 0.6 is 0 Å². The van der Waals surface area contributed by atoms with E-state index >= 15 is 0 Å². The number of hydrogen-bond acceptors (Lipinski definition) is 2. The van der Waals surface area contributed by atoms with E-state index in [9.17, 15) is 4.21 Å². The van der Waals surface area contributed by atoms with Gasteiger partial charge in [0, 0.05) is 22.6 Å². The summed E-state index contributed by atoms with van der Waals surface area (Å²) in [5.74, 6) is 3.24. The molecule has 0 spiro atoms. The van der Waals surface area contributed by atoms with Gasteiger partial charge in [-0.15, -0.1) is 0 Å². The van der Waals surface area contributed by atoms with Crippen molar-refractivity contribution >= 4 is 10.8 Å². The van der Waals surface area contributed by atoms with Crippen molar-refractivity contribution in [2.45, 2.75) is 83.4 Å². The van der Waals surface area contributed by atoms with E-state index < -0.39 is 10.8 Å². The molecule has 2 aliphatic rings. The summed E-state index contributed by atoms with van der Waals surface area (Å²) in [6.07, 6.45) is 10.3. The Kier molecular flexibility index (Phi) is 7.21. The highest BCUT2D eigenvalue weighted by molar-refractivity contribution is 7.85. The summed E-state index contributed by atoms with van der Waals surface area (Å²) in [5.41, 5.74) is 0. The summed E-state index contributed by atoms with van der Waals surface area (Å²) in [7, 11) is -0.630. The van der Waals surface area contributed by atoms with Gasteiger partial charge in [0.2, 0.25) is 0 Å². The molecule has 0 radical (unpaired) electrons. The predicted octanol–water partition coefficient (Wildman–Crippen LogP) is 4.12. The first kappa shape index (κ1) is 17.5. The smallest absolute Gasteiger partial charge is 0.0504 e. The molecule has 21 heavy (non-hydrogen) atoms. The van der Waals surface area contributed by atoms with E-state index in [1.807, 2.05) is 0 Å². The second-order valence-electron chi connectivity index (χ2n) is 7.61. The SMILES string of the molecule is CCCNC1CCC(C(C)C)CC1S(=O)CC1CCCC1. The molecular weight excluding hydrogens is 278 g/mol. The maximum absolute atomic E-state index is 13.0. The van der Waals surface area contributed by atoms with Gasteiger partial charge in [0.25, 0.3) is 0 Å². The first-order valence-corrected chi connectivity index (χ1v) is 10.6. The fourth-order valence-corrected chi connectivity index (χ4v) is 6.26. The van der Waals surface area contributed by atoms with Crippen molar-refractivity contribution in [2.24, 2.45) is 17.8 Å². The Morgan fingerprint density at radius 1 is 1.14 bits per heavy atom. The summed E-state index contributed by atoms with van der Waals surface area (Å²) in [6.45, 7) is 7.97. The van der Waals surface area contributed by atoms with Gasteiger partial charge in [-0.25, -0.2) is 0 Å². The molecule has 0 amide bonds. The van der Waals surface area contributed by atoms with Gasteiger partial charge in [-0.05, 0) is 62.8 Å². The molecule has 0 heterocycles. The highest BCUT2D eigenvalue weighted by Gasteiger charge is 2.35. The molecule has 0 aliphatic heterocycles. The van der Waals surface area contributed by atoms with Crippen LogP contribution in [0.1, 0.15) is 72.1 Å². The van der Waals surface area contributed by atoms with Crippen molar-refractivity contribution in [1.82, 2.24) is 5.32 Å². The van der Waals surface area contributed by atoms with Gasteiger partial charge in [0.15, 0.2) is 0 Å². The van der Waals surface area contributed by atoms with Crippen LogP contribution in [0.3, 0.4) is 0 Å². The van der Waals surface area contributed by atoms with Gasteiger partial charge in [-0.3, -0.25) is 4.21 Å².